The quantitative estimate of drug-likeness (QED) is 0.775. The van der Waals surface area contributed by atoms with Crippen molar-refractivity contribution in [1.29, 1.82) is 0 Å². The lowest BCUT2D eigenvalue weighted by atomic mass is 9.83. The summed E-state index contributed by atoms with van der Waals surface area (Å²) < 4.78 is 0. The van der Waals surface area contributed by atoms with E-state index in [4.69, 9.17) is 0 Å². The molecule has 2 unspecified atom stereocenters. The lowest BCUT2D eigenvalue weighted by Crippen LogP contribution is -2.61. The van der Waals surface area contributed by atoms with Gasteiger partial charge in [0.15, 0.2) is 0 Å². The van der Waals surface area contributed by atoms with Gasteiger partial charge in [0.2, 0.25) is 0 Å². The van der Waals surface area contributed by atoms with Crippen LogP contribution in [0.3, 0.4) is 0 Å². The van der Waals surface area contributed by atoms with E-state index in [1.54, 1.807) is 0 Å². The van der Waals surface area contributed by atoms with Crippen molar-refractivity contribution in [3.63, 3.8) is 0 Å². The lowest BCUT2D eigenvalue weighted by Gasteiger charge is -2.46. The molecule has 0 amide bonds. The summed E-state index contributed by atoms with van der Waals surface area (Å²) in [5.74, 6) is 6.90. The third kappa shape index (κ3) is 4.30. The van der Waals surface area contributed by atoms with Crippen molar-refractivity contribution in [3.8, 4) is 11.8 Å². The predicted molar refractivity (Wildman–Crippen MR) is 79.5 cm³/mol. The molecule has 0 radical (unpaired) electrons. The van der Waals surface area contributed by atoms with Crippen molar-refractivity contribution in [2.45, 2.75) is 60.0 Å². The fraction of sp³-hybridized carbons (Fsp3) is 0.875. The number of hydrogen-bond acceptors (Lipinski definition) is 2. The molecule has 0 aliphatic carbocycles. The van der Waals surface area contributed by atoms with Crippen LogP contribution in [0.25, 0.3) is 0 Å². The predicted octanol–water partition coefficient (Wildman–Crippen LogP) is 2.74. The second-order valence-corrected chi connectivity index (χ2v) is 6.81. The molecule has 0 saturated carbocycles. The van der Waals surface area contributed by atoms with Gasteiger partial charge in [0.25, 0.3) is 0 Å². The third-order valence-corrected chi connectivity index (χ3v) is 3.98. The lowest BCUT2D eigenvalue weighted by molar-refractivity contribution is 0.0652. The number of hydrogen-bond donors (Lipinski definition) is 1. The molecular formula is C16H30N2. The standard InChI is InChI=1S/C16H30N2/c1-7-8-9-10-18-12-15(16(4,5)6)17-11-14(18)13(2)3/h13-15,17H,9-12H2,1-6H3. The Kier molecular flexibility index (Phi) is 5.69. The number of nitrogens with one attached hydrogen (secondary N) is 1. The van der Waals surface area contributed by atoms with Crippen molar-refractivity contribution in [2.24, 2.45) is 11.3 Å². The largest absolute Gasteiger partial charge is 0.311 e. The van der Waals surface area contributed by atoms with Gasteiger partial charge in [0, 0.05) is 38.1 Å². The average molecular weight is 250 g/mol. The van der Waals surface area contributed by atoms with Crippen molar-refractivity contribution in [1.82, 2.24) is 10.2 Å². The zero-order chi connectivity index (χ0) is 13.8. The zero-order valence-electron chi connectivity index (χ0n) is 13.0. The Hall–Kier alpha value is -0.520. The second kappa shape index (κ2) is 6.59. The number of piperazine rings is 1. The van der Waals surface area contributed by atoms with Gasteiger partial charge in [-0.05, 0) is 18.3 Å². The van der Waals surface area contributed by atoms with Gasteiger partial charge in [0.05, 0.1) is 0 Å². The van der Waals surface area contributed by atoms with Gasteiger partial charge in [-0.3, -0.25) is 4.90 Å². The van der Waals surface area contributed by atoms with Crippen LogP contribution in [0.4, 0.5) is 0 Å². The Labute approximate surface area is 114 Å². The molecule has 1 saturated heterocycles. The summed E-state index contributed by atoms with van der Waals surface area (Å²) >= 11 is 0. The van der Waals surface area contributed by atoms with Gasteiger partial charge in [-0.2, -0.15) is 0 Å². The van der Waals surface area contributed by atoms with Gasteiger partial charge < -0.3 is 5.32 Å². The molecule has 2 atom stereocenters. The van der Waals surface area contributed by atoms with Crippen molar-refractivity contribution < 1.29 is 0 Å². The van der Waals surface area contributed by atoms with E-state index in [9.17, 15) is 0 Å². The van der Waals surface area contributed by atoms with Crippen LogP contribution in [0, 0.1) is 23.2 Å². The van der Waals surface area contributed by atoms with Gasteiger partial charge in [0.1, 0.15) is 0 Å². The molecule has 104 valence electrons. The molecule has 1 N–H and O–H groups in total. The Morgan fingerprint density at radius 1 is 1.33 bits per heavy atom. The molecule has 18 heavy (non-hydrogen) atoms. The fourth-order valence-corrected chi connectivity index (χ4v) is 2.65. The number of rotatable bonds is 3. The van der Waals surface area contributed by atoms with E-state index >= 15 is 0 Å². The SMILES string of the molecule is CC#CCCN1CC(C(C)(C)C)NCC1C(C)C. The molecule has 1 rings (SSSR count). The minimum atomic E-state index is 0.330. The van der Waals surface area contributed by atoms with E-state index in [0.717, 1.165) is 26.1 Å². The molecule has 0 spiro atoms. The van der Waals surface area contributed by atoms with E-state index in [-0.39, 0.29) is 0 Å². The molecular weight excluding hydrogens is 220 g/mol. The molecule has 0 bridgehead atoms. The van der Waals surface area contributed by atoms with Crippen molar-refractivity contribution >= 4 is 0 Å². The molecule has 0 aromatic heterocycles. The first kappa shape index (κ1) is 15.5. The molecule has 1 aliphatic heterocycles. The molecule has 0 aromatic carbocycles. The summed E-state index contributed by atoms with van der Waals surface area (Å²) in [6, 6.07) is 1.24. The maximum Gasteiger partial charge on any atom is 0.0244 e. The smallest absolute Gasteiger partial charge is 0.0244 e. The second-order valence-electron chi connectivity index (χ2n) is 6.81. The Morgan fingerprint density at radius 3 is 2.50 bits per heavy atom. The zero-order valence-corrected chi connectivity index (χ0v) is 13.0. The van der Waals surface area contributed by atoms with Gasteiger partial charge in [-0.15, -0.1) is 11.8 Å². The average Bonchev–Trinajstić information content (AvgIpc) is 2.27. The Bertz CT molecular complexity index is 303. The van der Waals surface area contributed by atoms with Crippen molar-refractivity contribution in [3.05, 3.63) is 0 Å². The third-order valence-electron chi connectivity index (χ3n) is 3.98. The van der Waals surface area contributed by atoms with Crippen LogP contribution >= 0.6 is 0 Å². The monoisotopic (exact) mass is 250 g/mol. The van der Waals surface area contributed by atoms with Crippen LogP contribution in [0.15, 0.2) is 0 Å². The minimum Gasteiger partial charge on any atom is -0.311 e. The highest BCUT2D eigenvalue weighted by molar-refractivity contribution is 4.98. The molecule has 2 nitrogen and oxygen atoms in total. The van der Waals surface area contributed by atoms with Crippen LogP contribution in [0.5, 0.6) is 0 Å². The first-order valence-corrected chi connectivity index (χ1v) is 7.23. The van der Waals surface area contributed by atoms with Gasteiger partial charge >= 0.3 is 0 Å². The van der Waals surface area contributed by atoms with Crippen LogP contribution < -0.4 is 5.32 Å². The molecule has 1 aliphatic rings. The Balaban J connectivity index is 2.66. The summed E-state index contributed by atoms with van der Waals surface area (Å²) in [4.78, 5) is 2.64. The maximum absolute atomic E-state index is 3.73. The summed E-state index contributed by atoms with van der Waals surface area (Å²) in [6.45, 7) is 16.9. The van der Waals surface area contributed by atoms with E-state index in [1.165, 1.54) is 0 Å². The highest BCUT2D eigenvalue weighted by Crippen LogP contribution is 2.25. The Morgan fingerprint density at radius 2 is 2.00 bits per heavy atom. The molecule has 1 heterocycles. The number of nitrogens with zero attached hydrogens (tertiary/aromatic N) is 1. The first-order chi connectivity index (χ1) is 8.36. The van der Waals surface area contributed by atoms with Crippen LogP contribution in [0.2, 0.25) is 0 Å². The topological polar surface area (TPSA) is 15.3 Å². The molecule has 0 aromatic rings. The highest BCUT2D eigenvalue weighted by atomic mass is 15.2. The summed E-state index contributed by atoms with van der Waals surface area (Å²) in [5.41, 5.74) is 0.330. The van der Waals surface area contributed by atoms with Crippen LogP contribution in [-0.4, -0.2) is 36.6 Å². The van der Waals surface area contributed by atoms with Crippen molar-refractivity contribution in [2.75, 3.05) is 19.6 Å². The molecule has 2 heteroatoms. The van der Waals surface area contributed by atoms with E-state index < -0.39 is 0 Å². The minimum absolute atomic E-state index is 0.330. The normalized spacial score (nSPS) is 25.9. The summed E-state index contributed by atoms with van der Waals surface area (Å²) in [7, 11) is 0. The first-order valence-electron chi connectivity index (χ1n) is 7.23. The highest BCUT2D eigenvalue weighted by Gasteiger charge is 2.34. The maximum atomic E-state index is 3.73. The van der Waals surface area contributed by atoms with Crippen LogP contribution in [0.1, 0.15) is 48.0 Å². The summed E-state index contributed by atoms with van der Waals surface area (Å²) in [5, 5.41) is 3.73. The van der Waals surface area contributed by atoms with E-state index in [1.807, 2.05) is 6.92 Å². The van der Waals surface area contributed by atoms with Gasteiger partial charge in [-0.25, -0.2) is 0 Å². The van der Waals surface area contributed by atoms with Crippen LogP contribution in [-0.2, 0) is 0 Å². The fourth-order valence-electron chi connectivity index (χ4n) is 2.65. The van der Waals surface area contributed by atoms with Gasteiger partial charge in [-0.1, -0.05) is 34.6 Å². The van der Waals surface area contributed by atoms with E-state index in [0.29, 0.717) is 23.4 Å². The van der Waals surface area contributed by atoms with E-state index in [2.05, 4.69) is 56.7 Å². The molecule has 1 fully saturated rings. The summed E-state index contributed by atoms with van der Waals surface area (Å²) in [6.07, 6.45) is 0.997.